The van der Waals surface area contributed by atoms with Gasteiger partial charge in [0.2, 0.25) is 6.19 Å². The molecule has 3 aliphatic carbocycles. The number of hydrogen-bond donors (Lipinski definition) is 0. The largest absolute Gasteiger partial charge is 0.416 e. The molecule has 0 spiro atoms. The second-order valence-electron chi connectivity index (χ2n) is 11.0. The number of rotatable bonds is 2. The van der Waals surface area contributed by atoms with E-state index in [1.807, 2.05) is 42.6 Å². The van der Waals surface area contributed by atoms with Gasteiger partial charge in [0.15, 0.2) is 0 Å². The van der Waals surface area contributed by atoms with Crippen LogP contribution in [0.5, 0.6) is 0 Å². The number of allylic oxidation sites excluding steroid dienone is 4. The average molecular weight is 595 g/mol. The Labute approximate surface area is 248 Å². The van der Waals surface area contributed by atoms with E-state index in [0.717, 1.165) is 45.5 Å². The van der Waals surface area contributed by atoms with Crippen molar-refractivity contribution in [3.8, 4) is 39.6 Å². The van der Waals surface area contributed by atoms with Gasteiger partial charge in [-0.15, -0.1) is 0 Å². The van der Waals surface area contributed by atoms with E-state index in [2.05, 4.69) is 11.6 Å². The lowest BCUT2D eigenvalue weighted by Gasteiger charge is -2.21. The predicted octanol–water partition coefficient (Wildman–Crippen LogP) is 10.2. The van der Waals surface area contributed by atoms with Crippen LogP contribution in [0.3, 0.4) is 0 Å². The fourth-order valence-electron chi connectivity index (χ4n) is 6.33. The van der Waals surface area contributed by atoms with Crippen molar-refractivity contribution in [1.82, 2.24) is 0 Å². The number of hydrogen-bond acceptors (Lipinski definition) is 2. The molecule has 2 nitrogen and oxygen atoms in total. The summed E-state index contributed by atoms with van der Waals surface area (Å²) in [7, 11) is 0. The first-order chi connectivity index (χ1) is 20.9. The van der Waals surface area contributed by atoms with E-state index in [1.165, 1.54) is 18.2 Å². The van der Waals surface area contributed by atoms with Gasteiger partial charge < -0.3 is 0 Å². The summed E-state index contributed by atoms with van der Waals surface area (Å²) in [5.74, 6) is -1.54. The third kappa shape index (κ3) is 4.39. The lowest BCUT2D eigenvalue weighted by molar-refractivity contribution is -0.159. The van der Waals surface area contributed by atoms with E-state index in [9.17, 15) is 31.6 Å². The molecule has 0 radical (unpaired) electrons. The second-order valence-corrected chi connectivity index (χ2v) is 11.0. The zero-order valence-electron chi connectivity index (χ0n) is 22.8. The predicted molar refractivity (Wildman–Crippen MR) is 158 cm³/mol. The number of fused-ring (bicyclic) bond motifs is 6. The molecule has 1 atom stereocenters. The minimum Gasteiger partial charge on any atom is -0.172 e. The maximum Gasteiger partial charge on any atom is 0.416 e. The summed E-state index contributed by atoms with van der Waals surface area (Å²) in [6.45, 7) is 4.29. The van der Waals surface area contributed by atoms with Crippen molar-refractivity contribution >= 4 is 16.9 Å². The van der Waals surface area contributed by atoms with Gasteiger partial charge in [0.1, 0.15) is 0 Å². The molecule has 1 unspecified atom stereocenters. The molecular weight excluding hydrogens is 574 g/mol. The summed E-state index contributed by atoms with van der Waals surface area (Å²) in [6, 6.07) is 19.9. The maximum absolute atomic E-state index is 13.4. The van der Waals surface area contributed by atoms with Gasteiger partial charge in [0, 0.05) is 11.1 Å². The van der Waals surface area contributed by atoms with E-state index in [0.29, 0.717) is 44.7 Å². The van der Waals surface area contributed by atoms with Crippen LogP contribution in [-0.2, 0) is 6.18 Å². The molecule has 0 amide bonds. The van der Waals surface area contributed by atoms with Gasteiger partial charge >= 0.3 is 12.4 Å². The van der Waals surface area contributed by atoms with E-state index in [4.69, 9.17) is 0 Å². The van der Waals surface area contributed by atoms with E-state index < -0.39 is 23.8 Å². The van der Waals surface area contributed by atoms with Crippen LogP contribution in [0.4, 0.5) is 26.3 Å². The normalized spacial score (nSPS) is 17.6. The van der Waals surface area contributed by atoms with E-state index >= 15 is 0 Å². The van der Waals surface area contributed by atoms with E-state index in [-0.39, 0.29) is 6.42 Å². The summed E-state index contributed by atoms with van der Waals surface area (Å²) in [4.78, 5) is 4.11. The third-order valence-electron chi connectivity index (χ3n) is 8.49. The van der Waals surface area contributed by atoms with Crippen LogP contribution >= 0.6 is 0 Å². The number of benzene rings is 4. The number of halogens is 6. The Hall–Kier alpha value is -5.16. The van der Waals surface area contributed by atoms with Gasteiger partial charge in [-0.1, -0.05) is 61.2 Å². The standard InChI is InChI=1S/C36H20F6N2/c1-19-28-14-22(20-4-2-6-24(12-20)35(37,38)39)8-10-26(28)30-17-31-27-11-9-23(21-5-3-7-25(13-21)36(40,41)42)15-32(27)34(44-18-43)33(31)16-29(19)30/h2-11,13-17,24H,1,12H2. The first-order valence-corrected chi connectivity index (χ1v) is 13.7. The Morgan fingerprint density at radius 1 is 0.705 bits per heavy atom. The smallest absolute Gasteiger partial charge is 0.172 e. The molecular formula is C36H20F6N2. The summed E-state index contributed by atoms with van der Waals surface area (Å²) in [5.41, 5.74) is 8.98. The van der Waals surface area contributed by atoms with Gasteiger partial charge in [-0.05, 0) is 104 Å². The lowest BCUT2D eigenvalue weighted by Crippen LogP contribution is -2.22. The number of alkyl halides is 6. The molecule has 0 aromatic heterocycles. The SMILES string of the molecule is C=C1c2cc(C3=CC=CC(C(F)(F)F)C3)ccc2-c2cc3c(cc21)C(=NC#N)c1cc(-c2cccc(C(F)(F)F)c2)ccc1-3. The molecule has 216 valence electrons. The highest BCUT2D eigenvalue weighted by molar-refractivity contribution is 6.26. The molecule has 0 saturated carbocycles. The van der Waals surface area contributed by atoms with Gasteiger partial charge in [-0.3, -0.25) is 0 Å². The van der Waals surface area contributed by atoms with Crippen LogP contribution in [0.1, 0.15) is 39.8 Å². The van der Waals surface area contributed by atoms with Gasteiger partial charge in [-0.2, -0.15) is 36.6 Å². The molecule has 0 aliphatic heterocycles. The van der Waals surface area contributed by atoms with Gasteiger partial charge in [-0.25, -0.2) is 0 Å². The Kier molecular flexibility index (Phi) is 6.08. The highest BCUT2D eigenvalue weighted by Gasteiger charge is 2.39. The van der Waals surface area contributed by atoms with Crippen LogP contribution in [-0.4, -0.2) is 11.9 Å². The Morgan fingerprint density at radius 3 is 2.05 bits per heavy atom. The minimum absolute atomic E-state index is 0.139. The van der Waals surface area contributed by atoms with Crippen LogP contribution in [0.15, 0.2) is 103 Å². The first-order valence-electron chi connectivity index (χ1n) is 13.7. The van der Waals surface area contributed by atoms with Crippen molar-refractivity contribution in [2.45, 2.75) is 18.8 Å². The zero-order valence-corrected chi connectivity index (χ0v) is 22.8. The van der Waals surface area contributed by atoms with Crippen LogP contribution in [0, 0.1) is 17.4 Å². The summed E-state index contributed by atoms with van der Waals surface area (Å²) >= 11 is 0. The molecule has 0 fully saturated rings. The minimum atomic E-state index is -4.48. The molecule has 4 aromatic carbocycles. The summed E-state index contributed by atoms with van der Waals surface area (Å²) < 4.78 is 80.3. The van der Waals surface area contributed by atoms with Crippen molar-refractivity contribution in [3.05, 3.63) is 131 Å². The lowest BCUT2D eigenvalue weighted by atomic mass is 9.88. The molecule has 3 aliphatic rings. The maximum atomic E-state index is 13.4. The molecule has 44 heavy (non-hydrogen) atoms. The van der Waals surface area contributed by atoms with Crippen molar-refractivity contribution in [2.24, 2.45) is 10.9 Å². The summed E-state index contributed by atoms with van der Waals surface area (Å²) in [6.07, 6.45) is -2.75. The molecule has 0 bridgehead atoms. The zero-order chi connectivity index (χ0) is 31.0. The second kappa shape index (κ2) is 9.68. The number of nitrogens with zero attached hydrogens (tertiary/aromatic N) is 2. The fraction of sp³-hybridized carbons (Fsp3) is 0.111. The van der Waals surface area contributed by atoms with Crippen LogP contribution in [0.25, 0.3) is 44.5 Å². The number of aliphatic imine (C=N–C) groups is 1. The van der Waals surface area contributed by atoms with Gasteiger partial charge in [0.05, 0.1) is 17.2 Å². The molecule has 7 rings (SSSR count). The monoisotopic (exact) mass is 594 g/mol. The highest BCUT2D eigenvalue weighted by Crippen LogP contribution is 2.50. The molecule has 0 N–H and O–H groups in total. The first kappa shape index (κ1) is 27.7. The van der Waals surface area contributed by atoms with Crippen LogP contribution < -0.4 is 0 Å². The molecule has 0 heterocycles. The topological polar surface area (TPSA) is 36.1 Å². The summed E-state index contributed by atoms with van der Waals surface area (Å²) in [5, 5.41) is 9.54. The third-order valence-corrected chi connectivity index (χ3v) is 8.49. The van der Waals surface area contributed by atoms with Crippen molar-refractivity contribution in [2.75, 3.05) is 0 Å². The average Bonchev–Trinajstić information content (AvgIpc) is 3.45. The van der Waals surface area contributed by atoms with Crippen molar-refractivity contribution in [3.63, 3.8) is 0 Å². The van der Waals surface area contributed by atoms with Crippen LogP contribution in [0.2, 0.25) is 0 Å². The number of nitriles is 1. The van der Waals surface area contributed by atoms with Crippen molar-refractivity contribution < 1.29 is 26.3 Å². The fourth-order valence-corrected chi connectivity index (χ4v) is 6.33. The Morgan fingerprint density at radius 2 is 1.32 bits per heavy atom. The Bertz CT molecular complexity index is 2050. The van der Waals surface area contributed by atoms with Crippen molar-refractivity contribution in [1.29, 1.82) is 5.26 Å². The quantitative estimate of drug-likeness (QED) is 0.145. The Balaban J connectivity index is 1.29. The highest BCUT2D eigenvalue weighted by atomic mass is 19.4. The van der Waals surface area contributed by atoms with Gasteiger partial charge in [0.25, 0.3) is 0 Å². The molecule has 0 saturated heterocycles. The van der Waals surface area contributed by atoms with E-state index in [1.54, 1.807) is 24.3 Å². The molecule has 8 heteroatoms. The molecule has 4 aromatic rings.